The van der Waals surface area contributed by atoms with Crippen molar-refractivity contribution in [3.63, 3.8) is 0 Å². The van der Waals surface area contributed by atoms with Gasteiger partial charge in [0, 0.05) is 19.0 Å². The molecule has 0 amide bonds. The van der Waals surface area contributed by atoms with E-state index in [2.05, 4.69) is 11.8 Å². The largest absolute Gasteiger partial charge is 0.380 e. The standard InChI is InChI=1S/C11H19NO2/c1-2-12(10-3-4-10)7-9-8-14-6-5-11(9)13/h9-10H,2-8H2,1H3. The second-order valence-electron chi connectivity index (χ2n) is 4.31. The van der Waals surface area contributed by atoms with Gasteiger partial charge in [-0.2, -0.15) is 0 Å². The van der Waals surface area contributed by atoms with Crippen LogP contribution < -0.4 is 0 Å². The molecule has 1 saturated carbocycles. The molecule has 0 bridgehead atoms. The summed E-state index contributed by atoms with van der Waals surface area (Å²) in [6.45, 7) is 5.42. The zero-order valence-electron chi connectivity index (χ0n) is 8.87. The number of hydrogen-bond donors (Lipinski definition) is 0. The number of carbonyl (C=O) groups is 1. The Morgan fingerprint density at radius 2 is 2.29 bits per heavy atom. The molecule has 2 fully saturated rings. The second-order valence-corrected chi connectivity index (χ2v) is 4.31. The van der Waals surface area contributed by atoms with Crippen LogP contribution in [0, 0.1) is 5.92 Å². The maximum atomic E-state index is 11.6. The van der Waals surface area contributed by atoms with Gasteiger partial charge in [-0.05, 0) is 19.4 Å². The van der Waals surface area contributed by atoms with E-state index in [1.54, 1.807) is 0 Å². The van der Waals surface area contributed by atoms with Crippen LogP contribution >= 0.6 is 0 Å². The van der Waals surface area contributed by atoms with Crippen molar-refractivity contribution in [1.29, 1.82) is 0 Å². The lowest BCUT2D eigenvalue weighted by molar-refractivity contribution is -0.131. The second kappa shape index (κ2) is 4.41. The Kier molecular flexibility index (Phi) is 3.19. The molecule has 14 heavy (non-hydrogen) atoms. The van der Waals surface area contributed by atoms with Gasteiger partial charge in [0.05, 0.1) is 19.1 Å². The molecule has 80 valence electrons. The van der Waals surface area contributed by atoms with Gasteiger partial charge in [0.2, 0.25) is 0 Å². The zero-order chi connectivity index (χ0) is 9.97. The quantitative estimate of drug-likeness (QED) is 0.675. The fraction of sp³-hybridized carbons (Fsp3) is 0.909. The molecule has 0 aromatic rings. The lowest BCUT2D eigenvalue weighted by Gasteiger charge is -2.27. The van der Waals surface area contributed by atoms with Crippen molar-refractivity contribution >= 4 is 5.78 Å². The number of carbonyl (C=O) groups excluding carboxylic acids is 1. The van der Waals surface area contributed by atoms with Crippen LogP contribution in [0.4, 0.5) is 0 Å². The van der Waals surface area contributed by atoms with Gasteiger partial charge in [0.1, 0.15) is 5.78 Å². The fourth-order valence-corrected chi connectivity index (χ4v) is 2.11. The highest BCUT2D eigenvalue weighted by Gasteiger charge is 2.32. The number of Topliss-reactive ketones (excluding diaryl/α,β-unsaturated/α-hetero) is 1. The van der Waals surface area contributed by atoms with Gasteiger partial charge >= 0.3 is 0 Å². The third-order valence-corrected chi connectivity index (χ3v) is 3.19. The Morgan fingerprint density at radius 1 is 1.50 bits per heavy atom. The van der Waals surface area contributed by atoms with E-state index in [4.69, 9.17) is 4.74 Å². The van der Waals surface area contributed by atoms with Crippen LogP contribution in [0.3, 0.4) is 0 Å². The van der Waals surface area contributed by atoms with E-state index in [9.17, 15) is 4.79 Å². The zero-order valence-corrected chi connectivity index (χ0v) is 8.87. The van der Waals surface area contributed by atoms with Gasteiger partial charge in [-0.15, -0.1) is 0 Å². The van der Waals surface area contributed by atoms with Gasteiger partial charge in [0.25, 0.3) is 0 Å². The average Bonchev–Trinajstić information content (AvgIpc) is 3.00. The van der Waals surface area contributed by atoms with E-state index in [0.29, 0.717) is 25.4 Å². The van der Waals surface area contributed by atoms with Crippen molar-refractivity contribution in [3.05, 3.63) is 0 Å². The Bertz CT molecular complexity index is 213. The van der Waals surface area contributed by atoms with Crippen LogP contribution in [-0.4, -0.2) is 43.0 Å². The van der Waals surface area contributed by atoms with E-state index < -0.39 is 0 Å². The first-order valence-corrected chi connectivity index (χ1v) is 5.65. The molecule has 3 nitrogen and oxygen atoms in total. The van der Waals surface area contributed by atoms with E-state index in [0.717, 1.165) is 19.1 Å². The Balaban J connectivity index is 1.84. The van der Waals surface area contributed by atoms with E-state index >= 15 is 0 Å². The van der Waals surface area contributed by atoms with Crippen molar-refractivity contribution in [2.75, 3.05) is 26.3 Å². The highest BCUT2D eigenvalue weighted by molar-refractivity contribution is 5.82. The Morgan fingerprint density at radius 3 is 2.86 bits per heavy atom. The van der Waals surface area contributed by atoms with Crippen LogP contribution in [-0.2, 0) is 9.53 Å². The predicted octanol–water partition coefficient (Wildman–Crippen LogP) is 1.08. The first-order chi connectivity index (χ1) is 6.81. The summed E-state index contributed by atoms with van der Waals surface area (Å²) in [5, 5.41) is 0. The van der Waals surface area contributed by atoms with E-state index in [1.807, 2.05) is 0 Å². The number of hydrogen-bond acceptors (Lipinski definition) is 3. The summed E-state index contributed by atoms with van der Waals surface area (Å²) in [7, 11) is 0. The number of rotatable bonds is 4. The van der Waals surface area contributed by atoms with Gasteiger partial charge < -0.3 is 4.74 Å². The van der Waals surface area contributed by atoms with Crippen LogP contribution in [0.5, 0.6) is 0 Å². The summed E-state index contributed by atoms with van der Waals surface area (Å²) in [6.07, 6.45) is 3.25. The summed E-state index contributed by atoms with van der Waals surface area (Å²) in [6, 6.07) is 0.759. The molecule has 3 heteroatoms. The smallest absolute Gasteiger partial charge is 0.141 e. The van der Waals surface area contributed by atoms with Crippen LogP contribution in [0.1, 0.15) is 26.2 Å². The maximum absolute atomic E-state index is 11.6. The fourth-order valence-electron chi connectivity index (χ4n) is 2.11. The molecular formula is C11H19NO2. The summed E-state index contributed by atoms with van der Waals surface area (Å²) in [4.78, 5) is 14.0. The molecule has 0 aromatic heterocycles. The maximum Gasteiger partial charge on any atom is 0.141 e. The van der Waals surface area contributed by atoms with Crippen molar-refractivity contribution < 1.29 is 9.53 Å². The third kappa shape index (κ3) is 2.34. The molecule has 0 radical (unpaired) electrons. The summed E-state index contributed by atoms with van der Waals surface area (Å²) in [5.41, 5.74) is 0. The topological polar surface area (TPSA) is 29.5 Å². The highest BCUT2D eigenvalue weighted by Crippen LogP contribution is 2.27. The monoisotopic (exact) mass is 197 g/mol. The molecule has 0 spiro atoms. The molecule has 1 unspecified atom stereocenters. The molecule has 1 aliphatic carbocycles. The molecule has 1 aliphatic heterocycles. The van der Waals surface area contributed by atoms with Crippen LogP contribution in [0.15, 0.2) is 0 Å². The molecule has 0 N–H and O–H groups in total. The normalized spacial score (nSPS) is 28.4. The van der Waals surface area contributed by atoms with Crippen molar-refractivity contribution in [3.8, 4) is 0 Å². The minimum absolute atomic E-state index is 0.143. The molecular weight excluding hydrogens is 178 g/mol. The van der Waals surface area contributed by atoms with Crippen molar-refractivity contribution in [2.24, 2.45) is 5.92 Å². The lowest BCUT2D eigenvalue weighted by atomic mass is 10.00. The SMILES string of the molecule is CCN(CC1COCCC1=O)C1CC1. The third-order valence-electron chi connectivity index (χ3n) is 3.19. The van der Waals surface area contributed by atoms with Gasteiger partial charge in [-0.1, -0.05) is 6.92 Å². The first kappa shape index (κ1) is 10.1. The molecule has 1 saturated heterocycles. The van der Waals surface area contributed by atoms with E-state index in [1.165, 1.54) is 12.8 Å². The molecule has 2 rings (SSSR count). The Labute approximate surface area is 85.4 Å². The van der Waals surface area contributed by atoms with Gasteiger partial charge in [-0.3, -0.25) is 9.69 Å². The number of nitrogens with zero attached hydrogens (tertiary/aromatic N) is 1. The minimum atomic E-state index is 0.143. The van der Waals surface area contributed by atoms with Crippen LogP contribution in [0.2, 0.25) is 0 Å². The molecule has 1 atom stereocenters. The number of ether oxygens (including phenoxy) is 1. The van der Waals surface area contributed by atoms with Crippen molar-refractivity contribution in [2.45, 2.75) is 32.2 Å². The summed E-state index contributed by atoms with van der Waals surface area (Å²) in [5.74, 6) is 0.541. The Hall–Kier alpha value is -0.410. The number of ketones is 1. The minimum Gasteiger partial charge on any atom is -0.380 e. The average molecular weight is 197 g/mol. The highest BCUT2D eigenvalue weighted by atomic mass is 16.5. The molecule has 2 aliphatic rings. The lowest BCUT2D eigenvalue weighted by Crippen LogP contribution is -2.39. The van der Waals surface area contributed by atoms with Gasteiger partial charge in [0.15, 0.2) is 0 Å². The van der Waals surface area contributed by atoms with Crippen molar-refractivity contribution in [1.82, 2.24) is 4.90 Å². The van der Waals surface area contributed by atoms with Gasteiger partial charge in [-0.25, -0.2) is 0 Å². The summed E-state index contributed by atoms with van der Waals surface area (Å²) >= 11 is 0. The van der Waals surface area contributed by atoms with Crippen LogP contribution in [0.25, 0.3) is 0 Å². The van der Waals surface area contributed by atoms with E-state index in [-0.39, 0.29) is 5.92 Å². The molecule has 1 heterocycles. The predicted molar refractivity (Wildman–Crippen MR) is 54.2 cm³/mol. The summed E-state index contributed by atoms with van der Waals surface area (Å²) < 4.78 is 5.35. The molecule has 0 aromatic carbocycles. The first-order valence-electron chi connectivity index (χ1n) is 5.65.